The Balaban J connectivity index is 1.84. The minimum absolute atomic E-state index is 1.08. The van der Waals surface area contributed by atoms with Crippen LogP contribution in [0.3, 0.4) is 0 Å². The van der Waals surface area contributed by atoms with Crippen molar-refractivity contribution < 1.29 is 0 Å². The molecule has 5 aromatic rings. The van der Waals surface area contributed by atoms with Gasteiger partial charge in [-0.2, -0.15) is 0 Å². The highest BCUT2D eigenvalue weighted by Gasteiger charge is 2.12. The Morgan fingerprint density at radius 2 is 1.43 bits per heavy atom. The van der Waals surface area contributed by atoms with Gasteiger partial charge in [0.15, 0.2) is 0 Å². The molecule has 0 saturated heterocycles. The van der Waals surface area contributed by atoms with Gasteiger partial charge in [-0.05, 0) is 51.9 Å². The molecule has 0 unspecified atom stereocenters. The van der Waals surface area contributed by atoms with Crippen molar-refractivity contribution in [1.82, 2.24) is 4.98 Å². The zero-order valence-electron chi connectivity index (χ0n) is 16.4. The summed E-state index contributed by atoms with van der Waals surface area (Å²) in [6.07, 6.45) is 4.17. The van der Waals surface area contributed by atoms with Gasteiger partial charge >= 0.3 is 0 Å². The number of hydrogen-bond donors (Lipinski definition) is 0. The van der Waals surface area contributed by atoms with Crippen LogP contribution in [0.25, 0.3) is 43.6 Å². The van der Waals surface area contributed by atoms with Gasteiger partial charge in [-0.1, -0.05) is 85.6 Å². The molecule has 1 aromatic heterocycles. The minimum Gasteiger partial charge on any atom is -0.256 e. The molecule has 0 saturated carbocycles. The van der Waals surface area contributed by atoms with E-state index < -0.39 is 0 Å². The third kappa shape index (κ3) is 2.66. The fraction of sp³-hybridized carbons (Fsp3) is 0.148. The molecule has 0 amide bonds. The van der Waals surface area contributed by atoms with Crippen LogP contribution >= 0.6 is 0 Å². The molecule has 0 radical (unpaired) electrons. The number of fused-ring (bicyclic) bond motifs is 5. The van der Waals surface area contributed by atoms with Gasteiger partial charge in [-0.15, -0.1) is 0 Å². The second-order valence-electron chi connectivity index (χ2n) is 7.61. The maximum Gasteiger partial charge on any atom is 0.0783 e. The van der Waals surface area contributed by atoms with Crippen molar-refractivity contribution in [1.29, 1.82) is 0 Å². The van der Waals surface area contributed by atoms with Gasteiger partial charge in [0.05, 0.1) is 5.69 Å². The first-order valence-electron chi connectivity index (χ1n) is 10.1. The summed E-state index contributed by atoms with van der Waals surface area (Å²) in [6.45, 7) is 4.39. The maximum absolute atomic E-state index is 4.80. The van der Waals surface area contributed by atoms with Crippen molar-refractivity contribution >= 4 is 32.3 Å². The van der Waals surface area contributed by atoms with Crippen LogP contribution in [0, 0.1) is 6.92 Å². The first-order chi connectivity index (χ1) is 13.8. The van der Waals surface area contributed by atoms with E-state index in [0.29, 0.717) is 0 Å². The number of rotatable bonds is 3. The highest BCUT2D eigenvalue weighted by atomic mass is 14.7. The lowest BCUT2D eigenvalue weighted by atomic mass is 9.93. The molecule has 1 nitrogen and oxygen atoms in total. The molecule has 5 rings (SSSR count). The van der Waals surface area contributed by atoms with Crippen LogP contribution in [0.15, 0.2) is 79.0 Å². The van der Waals surface area contributed by atoms with Crippen molar-refractivity contribution in [3.8, 4) is 11.3 Å². The molecule has 0 aliphatic rings. The Morgan fingerprint density at radius 3 is 2.32 bits per heavy atom. The number of hydrogen-bond acceptors (Lipinski definition) is 1. The number of aryl methyl sites for hydroxylation is 2. The summed E-state index contributed by atoms with van der Waals surface area (Å²) in [4.78, 5) is 4.80. The van der Waals surface area contributed by atoms with Gasteiger partial charge in [0.1, 0.15) is 0 Å². The predicted molar refractivity (Wildman–Crippen MR) is 121 cm³/mol. The van der Waals surface area contributed by atoms with E-state index in [2.05, 4.69) is 86.6 Å². The smallest absolute Gasteiger partial charge is 0.0783 e. The van der Waals surface area contributed by atoms with E-state index in [-0.39, 0.29) is 0 Å². The molecule has 1 heteroatoms. The lowest BCUT2D eigenvalue weighted by Gasteiger charge is -2.13. The SMILES string of the molecule is CCCc1ccccc1-c1nccc2c1ccc1c3cc(C)ccc3ccc21. The normalized spacial score (nSPS) is 11.5. The summed E-state index contributed by atoms with van der Waals surface area (Å²) in [7, 11) is 0. The van der Waals surface area contributed by atoms with Crippen molar-refractivity contribution in [3.05, 3.63) is 90.1 Å². The third-order valence-electron chi connectivity index (χ3n) is 5.71. The summed E-state index contributed by atoms with van der Waals surface area (Å²) in [6, 6.07) is 26.6. The Kier molecular flexibility index (Phi) is 4.09. The summed E-state index contributed by atoms with van der Waals surface area (Å²) in [5.74, 6) is 0. The highest BCUT2D eigenvalue weighted by molar-refractivity contribution is 6.19. The van der Waals surface area contributed by atoms with Gasteiger partial charge in [0.2, 0.25) is 0 Å². The Labute approximate surface area is 165 Å². The van der Waals surface area contributed by atoms with Crippen LogP contribution in [0.1, 0.15) is 24.5 Å². The fourth-order valence-corrected chi connectivity index (χ4v) is 4.37. The highest BCUT2D eigenvalue weighted by Crippen LogP contribution is 2.36. The van der Waals surface area contributed by atoms with Crippen LogP contribution in [-0.4, -0.2) is 4.98 Å². The molecular formula is C27H23N. The van der Waals surface area contributed by atoms with Gasteiger partial charge in [0.25, 0.3) is 0 Å². The van der Waals surface area contributed by atoms with E-state index >= 15 is 0 Å². The van der Waals surface area contributed by atoms with E-state index in [9.17, 15) is 0 Å². The first kappa shape index (κ1) is 16.9. The third-order valence-corrected chi connectivity index (χ3v) is 5.71. The summed E-state index contributed by atoms with van der Waals surface area (Å²) < 4.78 is 0. The largest absolute Gasteiger partial charge is 0.256 e. The second-order valence-corrected chi connectivity index (χ2v) is 7.61. The quantitative estimate of drug-likeness (QED) is 0.304. The number of nitrogens with zero attached hydrogens (tertiary/aromatic N) is 1. The Bertz CT molecular complexity index is 1330. The van der Waals surface area contributed by atoms with Crippen LogP contribution in [0.5, 0.6) is 0 Å². The molecule has 136 valence electrons. The number of pyridine rings is 1. The van der Waals surface area contributed by atoms with E-state index in [1.807, 2.05) is 6.20 Å². The lowest BCUT2D eigenvalue weighted by molar-refractivity contribution is 0.923. The minimum atomic E-state index is 1.08. The van der Waals surface area contributed by atoms with E-state index in [4.69, 9.17) is 4.98 Å². The standard InChI is InChI=1S/C27H23N/c1-3-6-19-7-4-5-8-21(19)27-25-14-13-23-22(24(25)15-16-28-27)12-11-20-10-9-18(2)17-26(20)23/h4-5,7-17H,3,6H2,1-2H3. The lowest BCUT2D eigenvalue weighted by Crippen LogP contribution is -1.93. The van der Waals surface area contributed by atoms with Gasteiger partial charge in [-0.3, -0.25) is 4.98 Å². The second kappa shape index (κ2) is 6.76. The predicted octanol–water partition coefficient (Wildman–Crippen LogP) is 7.47. The van der Waals surface area contributed by atoms with Crippen LogP contribution in [0.4, 0.5) is 0 Å². The van der Waals surface area contributed by atoms with E-state index in [1.165, 1.54) is 49.0 Å². The Morgan fingerprint density at radius 1 is 0.714 bits per heavy atom. The van der Waals surface area contributed by atoms with Gasteiger partial charge < -0.3 is 0 Å². The Hall–Kier alpha value is -3.19. The van der Waals surface area contributed by atoms with E-state index in [1.54, 1.807) is 0 Å². The molecule has 0 N–H and O–H groups in total. The summed E-state index contributed by atoms with van der Waals surface area (Å²) >= 11 is 0. The van der Waals surface area contributed by atoms with Crippen molar-refractivity contribution in [2.45, 2.75) is 26.7 Å². The van der Waals surface area contributed by atoms with Crippen molar-refractivity contribution in [3.63, 3.8) is 0 Å². The average molecular weight is 361 g/mol. The number of aromatic nitrogens is 1. The van der Waals surface area contributed by atoms with Gasteiger partial charge in [0, 0.05) is 17.1 Å². The maximum atomic E-state index is 4.80. The molecule has 0 bridgehead atoms. The summed E-state index contributed by atoms with van der Waals surface area (Å²) in [5, 5.41) is 7.73. The molecule has 0 aliphatic heterocycles. The topological polar surface area (TPSA) is 12.9 Å². The zero-order chi connectivity index (χ0) is 19.1. The van der Waals surface area contributed by atoms with Crippen LogP contribution < -0.4 is 0 Å². The van der Waals surface area contributed by atoms with Crippen LogP contribution in [-0.2, 0) is 6.42 Å². The van der Waals surface area contributed by atoms with E-state index in [0.717, 1.165) is 18.5 Å². The number of benzene rings is 4. The molecule has 4 aromatic carbocycles. The average Bonchev–Trinajstić information content (AvgIpc) is 2.73. The zero-order valence-corrected chi connectivity index (χ0v) is 16.4. The van der Waals surface area contributed by atoms with Crippen molar-refractivity contribution in [2.75, 3.05) is 0 Å². The van der Waals surface area contributed by atoms with Crippen LogP contribution in [0.2, 0.25) is 0 Å². The molecule has 1 heterocycles. The monoisotopic (exact) mass is 361 g/mol. The molecule has 0 aliphatic carbocycles. The summed E-state index contributed by atoms with van der Waals surface area (Å²) in [5.41, 5.74) is 5.02. The molecule has 0 spiro atoms. The molecule has 28 heavy (non-hydrogen) atoms. The molecular weight excluding hydrogens is 338 g/mol. The fourth-order valence-electron chi connectivity index (χ4n) is 4.37. The molecule has 0 atom stereocenters. The molecule has 0 fully saturated rings. The van der Waals surface area contributed by atoms with Crippen molar-refractivity contribution in [2.24, 2.45) is 0 Å². The first-order valence-corrected chi connectivity index (χ1v) is 10.1. The van der Waals surface area contributed by atoms with Gasteiger partial charge in [-0.25, -0.2) is 0 Å².